The second-order valence-corrected chi connectivity index (χ2v) is 6.75. The molecule has 0 heterocycles. The predicted molar refractivity (Wildman–Crippen MR) is 79.7 cm³/mol. The molecule has 0 saturated heterocycles. The van der Waals surface area contributed by atoms with Crippen molar-refractivity contribution in [2.75, 3.05) is 0 Å². The molecule has 0 radical (unpaired) electrons. The van der Waals surface area contributed by atoms with Gasteiger partial charge < -0.3 is 0 Å². The van der Waals surface area contributed by atoms with Crippen LogP contribution in [-0.4, -0.2) is 6.04 Å². The molecule has 4 unspecified atom stereocenters. The smallest absolute Gasteiger partial charge is 0.0247 e. The number of nitrogens with one attached hydrogen (secondary N) is 1. The van der Waals surface area contributed by atoms with E-state index < -0.39 is 0 Å². The first-order valence-corrected chi connectivity index (χ1v) is 7.76. The summed E-state index contributed by atoms with van der Waals surface area (Å²) in [6, 6.07) is 9.51. The Morgan fingerprint density at radius 3 is 2.79 bits per heavy atom. The molecule has 1 saturated carbocycles. The minimum atomic E-state index is 0.503. The zero-order valence-corrected chi connectivity index (χ0v) is 12.1. The van der Waals surface area contributed by atoms with Crippen LogP contribution in [0.25, 0.3) is 0 Å². The van der Waals surface area contributed by atoms with Gasteiger partial charge in [-0.1, -0.05) is 38.1 Å². The summed E-state index contributed by atoms with van der Waals surface area (Å²) in [6.45, 7) is 4.59. The third kappa shape index (κ3) is 2.44. The van der Waals surface area contributed by atoms with E-state index >= 15 is 0 Å². The molecule has 3 rings (SSSR count). The number of hydrogen-bond acceptors (Lipinski definition) is 2. The maximum atomic E-state index is 5.82. The molecular weight excluding hydrogens is 232 g/mol. The van der Waals surface area contributed by atoms with Crippen molar-refractivity contribution >= 4 is 0 Å². The van der Waals surface area contributed by atoms with Gasteiger partial charge in [0.05, 0.1) is 0 Å². The van der Waals surface area contributed by atoms with Gasteiger partial charge in [-0.3, -0.25) is 11.3 Å². The fraction of sp³-hybridized carbons (Fsp3) is 0.647. The van der Waals surface area contributed by atoms with E-state index in [0.717, 1.165) is 23.7 Å². The van der Waals surface area contributed by atoms with Gasteiger partial charge in [0.25, 0.3) is 0 Å². The first-order chi connectivity index (χ1) is 9.22. The second-order valence-electron chi connectivity index (χ2n) is 6.75. The molecule has 2 aliphatic rings. The van der Waals surface area contributed by atoms with Gasteiger partial charge in [-0.15, -0.1) is 0 Å². The molecule has 3 N–H and O–H groups in total. The molecule has 1 aromatic carbocycles. The van der Waals surface area contributed by atoms with Crippen LogP contribution in [0.1, 0.15) is 50.2 Å². The summed E-state index contributed by atoms with van der Waals surface area (Å²) in [5.41, 5.74) is 6.29. The van der Waals surface area contributed by atoms with Gasteiger partial charge in [-0.25, -0.2) is 0 Å². The molecule has 4 atom stereocenters. The van der Waals surface area contributed by atoms with E-state index in [9.17, 15) is 0 Å². The van der Waals surface area contributed by atoms with E-state index in [1.807, 2.05) is 0 Å². The summed E-state index contributed by atoms with van der Waals surface area (Å²) < 4.78 is 0. The Hall–Kier alpha value is -0.860. The largest absolute Gasteiger partial charge is 0.271 e. The van der Waals surface area contributed by atoms with Crippen LogP contribution in [0.4, 0.5) is 0 Å². The predicted octanol–water partition coefficient (Wildman–Crippen LogP) is 3.23. The van der Waals surface area contributed by atoms with Gasteiger partial charge >= 0.3 is 0 Å². The van der Waals surface area contributed by atoms with Crippen molar-refractivity contribution in [2.45, 2.75) is 51.5 Å². The Balaban J connectivity index is 1.72. The highest BCUT2D eigenvalue weighted by Crippen LogP contribution is 2.61. The highest BCUT2D eigenvalue weighted by Gasteiger charge is 2.55. The van der Waals surface area contributed by atoms with Crippen LogP contribution < -0.4 is 11.3 Å². The highest BCUT2D eigenvalue weighted by molar-refractivity contribution is 5.40. The summed E-state index contributed by atoms with van der Waals surface area (Å²) in [6.07, 6.45) is 5.10. The number of rotatable bonds is 5. The van der Waals surface area contributed by atoms with E-state index in [1.165, 1.54) is 25.7 Å². The zero-order chi connectivity index (χ0) is 13.4. The van der Waals surface area contributed by atoms with Crippen LogP contribution in [0.2, 0.25) is 0 Å². The SMILES string of the molecule is CC(C)CCC(NN)C1C2CCc3ccccc3C21. The van der Waals surface area contributed by atoms with Crippen LogP contribution in [0, 0.1) is 17.8 Å². The van der Waals surface area contributed by atoms with Crippen LogP contribution >= 0.6 is 0 Å². The molecule has 0 aliphatic heterocycles. The normalized spacial score (nSPS) is 29.8. The maximum Gasteiger partial charge on any atom is 0.0247 e. The molecular formula is C17H26N2. The van der Waals surface area contributed by atoms with Crippen LogP contribution in [-0.2, 0) is 6.42 Å². The minimum absolute atomic E-state index is 0.503. The average Bonchev–Trinajstić information content (AvgIpc) is 3.14. The second kappa shape index (κ2) is 5.26. The number of hydrazine groups is 1. The summed E-state index contributed by atoms with van der Waals surface area (Å²) in [4.78, 5) is 0. The first kappa shape index (κ1) is 13.1. The fourth-order valence-corrected chi connectivity index (χ4v) is 4.07. The van der Waals surface area contributed by atoms with E-state index in [4.69, 9.17) is 5.84 Å². The van der Waals surface area contributed by atoms with Gasteiger partial charge in [0, 0.05) is 6.04 Å². The van der Waals surface area contributed by atoms with Crippen LogP contribution in [0.5, 0.6) is 0 Å². The number of hydrogen-bond donors (Lipinski definition) is 2. The third-order valence-electron chi connectivity index (χ3n) is 5.12. The van der Waals surface area contributed by atoms with Crippen LogP contribution in [0.3, 0.4) is 0 Å². The summed E-state index contributed by atoms with van der Waals surface area (Å²) in [7, 11) is 0. The van der Waals surface area contributed by atoms with Crippen molar-refractivity contribution in [3.8, 4) is 0 Å². The molecule has 0 amide bonds. The fourth-order valence-electron chi connectivity index (χ4n) is 4.07. The van der Waals surface area contributed by atoms with Crippen molar-refractivity contribution in [2.24, 2.45) is 23.6 Å². The summed E-state index contributed by atoms with van der Waals surface area (Å²) in [5.74, 6) is 9.02. The average molecular weight is 258 g/mol. The topological polar surface area (TPSA) is 38.0 Å². The number of aryl methyl sites for hydroxylation is 1. The Morgan fingerprint density at radius 1 is 1.26 bits per heavy atom. The third-order valence-corrected chi connectivity index (χ3v) is 5.12. The number of nitrogens with two attached hydrogens (primary N) is 1. The molecule has 0 spiro atoms. The molecule has 104 valence electrons. The molecule has 0 bridgehead atoms. The van der Waals surface area contributed by atoms with E-state index in [-0.39, 0.29) is 0 Å². The van der Waals surface area contributed by atoms with Gasteiger partial charge in [0.1, 0.15) is 0 Å². The molecule has 1 aromatic rings. The molecule has 2 heteroatoms. The van der Waals surface area contributed by atoms with Crippen molar-refractivity contribution < 1.29 is 0 Å². The summed E-state index contributed by atoms with van der Waals surface area (Å²) >= 11 is 0. The monoisotopic (exact) mass is 258 g/mol. The van der Waals surface area contributed by atoms with Crippen molar-refractivity contribution in [1.29, 1.82) is 0 Å². The lowest BCUT2D eigenvalue weighted by Crippen LogP contribution is -2.37. The highest BCUT2D eigenvalue weighted by atomic mass is 15.2. The Labute approximate surface area is 116 Å². The van der Waals surface area contributed by atoms with E-state index in [1.54, 1.807) is 11.1 Å². The van der Waals surface area contributed by atoms with E-state index in [2.05, 4.69) is 43.5 Å². The Morgan fingerprint density at radius 2 is 2.05 bits per heavy atom. The molecule has 1 fully saturated rings. The van der Waals surface area contributed by atoms with Crippen molar-refractivity contribution in [3.63, 3.8) is 0 Å². The lowest BCUT2D eigenvalue weighted by molar-refractivity contribution is 0.383. The number of fused-ring (bicyclic) bond motifs is 3. The lowest BCUT2D eigenvalue weighted by Gasteiger charge is -2.17. The quantitative estimate of drug-likeness (QED) is 0.628. The van der Waals surface area contributed by atoms with Crippen LogP contribution in [0.15, 0.2) is 24.3 Å². The number of benzene rings is 1. The zero-order valence-electron chi connectivity index (χ0n) is 12.1. The van der Waals surface area contributed by atoms with Gasteiger partial charge in [0.2, 0.25) is 0 Å². The minimum Gasteiger partial charge on any atom is -0.271 e. The lowest BCUT2D eigenvalue weighted by atomic mass is 9.92. The van der Waals surface area contributed by atoms with Gasteiger partial charge in [0.15, 0.2) is 0 Å². The molecule has 2 aliphatic carbocycles. The molecule has 0 aromatic heterocycles. The Kier molecular flexibility index (Phi) is 3.64. The van der Waals surface area contributed by atoms with E-state index in [0.29, 0.717) is 6.04 Å². The maximum absolute atomic E-state index is 5.82. The summed E-state index contributed by atoms with van der Waals surface area (Å²) in [5, 5.41) is 0. The Bertz CT molecular complexity index is 441. The standard InChI is InChI=1S/C17H26N2/c1-11(2)7-10-15(19-18)17-14-9-8-12-5-3-4-6-13(12)16(14)17/h3-6,11,14-17,19H,7-10,18H2,1-2H3. The molecule has 19 heavy (non-hydrogen) atoms. The van der Waals surface area contributed by atoms with Crippen molar-refractivity contribution in [3.05, 3.63) is 35.4 Å². The van der Waals surface area contributed by atoms with Gasteiger partial charge in [-0.05, 0) is 60.5 Å². The van der Waals surface area contributed by atoms with Gasteiger partial charge in [-0.2, -0.15) is 0 Å². The van der Waals surface area contributed by atoms with Crippen molar-refractivity contribution in [1.82, 2.24) is 5.43 Å². The molecule has 2 nitrogen and oxygen atoms in total. The first-order valence-electron chi connectivity index (χ1n) is 7.76.